The lowest BCUT2D eigenvalue weighted by atomic mass is 10.1. The van der Waals surface area contributed by atoms with Crippen molar-refractivity contribution in [1.29, 1.82) is 0 Å². The average Bonchev–Trinajstić information content (AvgIpc) is 2.78. The fourth-order valence-electron chi connectivity index (χ4n) is 3.51. The van der Waals surface area contributed by atoms with Crippen LogP contribution < -0.4 is 4.90 Å². The molecule has 1 aliphatic rings. The number of nitrogens with zero attached hydrogens (tertiary/aromatic N) is 4. The van der Waals surface area contributed by atoms with Gasteiger partial charge < -0.3 is 9.74 Å². The summed E-state index contributed by atoms with van der Waals surface area (Å²) in [6.45, 7) is 1.21. The topological polar surface area (TPSA) is 50.6 Å². The molecule has 0 unspecified atom stereocenters. The molecule has 3 aromatic rings. The van der Waals surface area contributed by atoms with Crippen LogP contribution >= 0.6 is 0 Å². The van der Waals surface area contributed by atoms with Crippen molar-refractivity contribution in [2.24, 2.45) is 5.16 Å². The molecule has 5 nitrogen and oxygen atoms in total. The standard InChI is InChI=1S/C22H18F6N4O/c23-21(24,25)17-12-18(22(26,27)28)29-20-16(17)6-7-19(30-20)32-10-8-15(9-11-32)31-33-13-14-4-2-1-3-5-14/h1-7,12H,8-11,13H2. The summed E-state index contributed by atoms with van der Waals surface area (Å²) in [7, 11) is 0. The minimum atomic E-state index is -5.03. The van der Waals surface area contributed by atoms with E-state index in [1.807, 2.05) is 30.3 Å². The van der Waals surface area contributed by atoms with Gasteiger partial charge in [-0.1, -0.05) is 35.5 Å². The van der Waals surface area contributed by atoms with Gasteiger partial charge in [0, 0.05) is 31.3 Å². The number of hydrogen-bond acceptors (Lipinski definition) is 5. The third-order valence-corrected chi connectivity index (χ3v) is 5.19. The Labute approximate surface area is 184 Å². The zero-order valence-corrected chi connectivity index (χ0v) is 17.1. The Morgan fingerprint density at radius 2 is 1.58 bits per heavy atom. The van der Waals surface area contributed by atoms with E-state index in [4.69, 9.17) is 4.84 Å². The molecule has 1 fully saturated rings. The summed E-state index contributed by atoms with van der Waals surface area (Å²) in [5, 5.41) is 3.66. The van der Waals surface area contributed by atoms with Crippen molar-refractivity contribution >= 4 is 22.6 Å². The molecule has 0 atom stereocenters. The van der Waals surface area contributed by atoms with Crippen LogP contribution in [0.15, 0.2) is 53.7 Å². The number of rotatable bonds is 4. The van der Waals surface area contributed by atoms with E-state index >= 15 is 0 Å². The molecule has 0 saturated carbocycles. The Morgan fingerprint density at radius 3 is 2.21 bits per heavy atom. The maximum absolute atomic E-state index is 13.3. The van der Waals surface area contributed by atoms with Crippen molar-refractivity contribution in [3.05, 3.63) is 65.4 Å². The summed E-state index contributed by atoms with van der Waals surface area (Å²) < 4.78 is 79.3. The van der Waals surface area contributed by atoms with Crippen LogP contribution in [0.4, 0.5) is 32.2 Å². The number of hydrogen-bond donors (Lipinski definition) is 0. The Bertz CT molecular complexity index is 1150. The predicted octanol–water partition coefficient (Wildman–Crippen LogP) is 5.84. The summed E-state index contributed by atoms with van der Waals surface area (Å²) in [6.07, 6.45) is -8.95. The van der Waals surface area contributed by atoms with Crippen molar-refractivity contribution in [2.75, 3.05) is 18.0 Å². The lowest BCUT2D eigenvalue weighted by molar-refractivity contribution is -0.144. The quantitative estimate of drug-likeness (QED) is 0.357. The molecule has 174 valence electrons. The van der Waals surface area contributed by atoms with Gasteiger partial charge in [-0.3, -0.25) is 0 Å². The van der Waals surface area contributed by atoms with Crippen molar-refractivity contribution in [3.63, 3.8) is 0 Å². The van der Waals surface area contributed by atoms with E-state index in [0.29, 0.717) is 32.5 Å². The van der Waals surface area contributed by atoms with E-state index < -0.39 is 34.6 Å². The third-order valence-electron chi connectivity index (χ3n) is 5.19. The van der Waals surface area contributed by atoms with Crippen molar-refractivity contribution in [1.82, 2.24) is 9.97 Å². The smallest absolute Gasteiger partial charge is 0.391 e. The number of anilines is 1. The van der Waals surface area contributed by atoms with E-state index in [1.54, 1.807) is 4.90 Å². The summed E-state index contributed by atoms with van der Waals surface area (Å²) in [5.74, 6) is 0.256. The highest BCUT2D eigenvalue weighted by Gasteiger charge is 2.39. The molecule has 0 radical (unpaired) electrons. The number of alkyl halides is 6. The molecule has 0 amide bonds. The SMILES string of the molecule is FC(F)(F)c1cc(C(F)(F)F)c2ccc(N3CCC(=NOCc4ccccc4)CC3)nc2n1. The number of benzene rings is 1. The highest BCUT2D eigenvalue weighted by atomic mass is 19.4. The second-order valence-electron chi connectivity index (χ2n) is 7.49. The van der Waals surface area contributed by atoms with Gasteiger partial charge in [-0.15, -0.1) is 0 Å². The molecule has 1 aliphatic heterocycles. The van der Waals surface area contributed by atoms with Crippen LogP contribution in [0.3, 0.4) is 0 Å². The minimum absolute atomic E-state index is 0.0166. The third kappa shape index (κ3) is 5.35. The van der Waals surface area contributed by atoms with Crippen molar-refractivity contribution < 1.29 is 31.2 Å². The maximum atomic E-state index is 13.3. The number of fused-ring (bicyclic) bond motifs is 1. The molecule has 2 aromatic heterocycles. The second-order valence-corrected chi connectivity index (χ2v) is 7.49. The van der Waals surface area contributed by atoms with Gasteiger partial charge in [0.25, 0.3) is 0 Å². The first-order valence-electron chi connectivity index (χ1n) is 10.0. The number of aromatic nitrogens is 2. The van der Waals surface area contributed by atoms with E-state index in [2.05, 4.69) is 15.1 Å². The monoisotopic (exact) mass is 468 g/mol. The summed E-state index contributed by atoms with van der Waals surface area (Å²) in [5.41, 5.74) is -1.85. The largest absolute Gasteiger partial charge is 0.433 e. The molecule has 3 heterocycles. The van der Waals surface area contributed by atoms with Gasteiger partial charge in [0.05, 0.1) is 11.3 Å². The zero-order valence-electron chi connectivity index (χ0n) is 17.1. The first-order valence-corrected chi connectivity index (χ1v) is 10.0. The summed E-state index contributed by atoms with van der Waals surface area (Å²) in [4.78, 5) is 14.5. The molecule has 11 heteroatoms. The molecule has 33 heavy (non-hydrogen) atoms. The molecular weight excluding hydrogens is 450 g/mol. The van der Waals surface area contributed by atoms with Crippen LogP contribution in [0.5, 0.6) is 0 Å². The predicted molar refractivity (Wildman–Crippen MR) is 110 cm³/mol. The number of piperidine rings is 1. The molecular formula is C22H18F6N4O. The fourth-order valence-corrected chi connectivity index (χ4v) is 3.51. The highest BCUT2D eigenvalue weighted by molar-refractivity contribution is 5.86. The number of oxime groups is 1. The number of halogens is 6. The Kier molecular flexibility index (Phi) is 6.13. The Morgan fingerprint density at radius 1 is 0.879 bits per heavy atom. The van der Waals surface area contributed by atoms with E-state index in [0.717, 1.165) is 17.3 Å². The lowest BCUT2D eigenvalue weighted by Crippen LogP contribution is -2.34. The van der Waals surface area contributed by atoms with Gasteiger partial charge in [0.1, 0.15) is 18.1 Å². The summed E-state index contributed by atoms with van der Waals surface area (Å²) in [6, 6.07) is 12.0. The van der Waals surface area contributed by atoms with Gasteiger partial charge in [-0.2, -0.15) is 26.3 Å². The normalized spacial score (nSPS) is 15.1. The van der Waals surface area contributed by atoms with Gasteiger partial charge in [-0.05, 0) is 23.8 Å². The van der Waals surface area contributed by atoms with Gasteiger partial charge in [-0.25, -0.2) is 9.97 Å². The molecule has 1 saturated heterocycles. The van der Waals surface area contributed by atoms with Crippen LogP contribution in [0.1, 0.15) is 29.7 Å². The van der Waals surface area contributed by atoms with Crippen molar-refractivity contribution in [3.8, 4) is 0 Å². The van der Waals surface area contributed by atoms with E-state index in [9.17, 15) is 26.3 Å². The van der Waals surface area contributed by atoms with E-state index in [1.165, 1.54) is 6.07 Å². The Balaban J connectivity index is 1.50. The van der Waals surface area contributed by atoms with Crippen LogP contribution in [-0.4, -0.2) is 28.8 Å². The maximum Gasteiger partial charge on any atom is 0.433 e. The van der Waals surface area contributed by atoms with Gasteiger partial charge in [0.2, 0.25) is 0 Å². The minimum Gasteiger partial charge on any atom is -0.391 e. The zero-order chi connectivity index (χ0) is 23.6. The van der Waals surface area contributed by atoms with Gasteiger partial charge >= 0.3 is 12.4 Å². The molecule has 0 N–H and O–H groups in total. The molecule has 4 rings (SSSR count). The van der Waals surface area contributed by atoms with Crippen LogP contribution in [0.2, 0.25) is 0 Å². The van der Waals surface area contributed by atoms with Gasteiger partial charge in [0.15, 0.2) is 5.65 Å². The van der Waals surface area contributed by atoms with Crippen LogP contribution in [-0.2, 0) is 23.8 Å². The lowest BCUT2D eigenvalue weighted by Gasteiger charge is -2.28. The fraction of sp³-hybridized carbons (Fsp3) is 0.318. The van der Waals surface area contributed by atoms with E-state index in [-0.39, 0.29) is 11.9 Å². The van der Waals surface area contributed by atoms with Crippen molar-refractivity contribution in [2.45, 2.75) is 31.8 Å². The molecule has 1 aromatic carbocycles. The summed E-state index contributed by atoms with van der Waals surface area (Å²) >= 11 is 0. The molecule has 0 aliphatic carbocycles. The molecule has 0 bridgehead atoms. The van der Waals surface area contributed by atoms with Crippen LogP contribution in [0, 0.1) is 0 Å². The second kappa shape index (κ2) is 8.87. The highest BCUT2D eigenvalue weighted by Crippen LogP contribution is 2.38. The first kappa shape index (κ1) is 22.8. The Hall–Kier alpha value is -3.37. The first-order chi connectivity index (χ1) is 15.6. The molecule has 0 spiro atoms. The van der Waals surface area contributed by atoms with Crippen LogP contribution in [0.25, 0.3) is 11.0 Å². The average molecular weight is 468 g/mol. The number of pyridine rings is 2.